The summed E-state index contributed by atoms with van der Waals surface area (Å²) in [6.45, 7) is 5.98. The molecule has 1 aliphatic heterocycles. The summed E-state index contributed by atoms with van der Waals surface area (Å²) in [7, 11) is 0. The monoisotopic (exact) mass is 353 g/mol. The zero-order valence-corrected chi connectivity index (χ0v) is 15.5. The molecule has 1 N–H and O–H groups in total. The fourth-order valence-corrected chi connectivity index (χ4v) is 3.45. The maximum atomic E-state index is 11.1. The van der Waals surface area contributed by atoms with E-state index in [2.05, 4.69) is 49.4 Å². The second-order valence-electron chi connectivity index (χ2n) is 7.08. The number of likely N-dealkylation sites (tertiary alicyclic amines) is 1. The quantitative estimate of drug-likeness (QED) is 0.849. The number of benzene rings is 2. The summed E-state index contributed by atoms with van der Waals surface area (Å²) in [4.78, 5) is 13.1. The van der Waals surface area contributed by atoms with Gasteiger partial charge in [0.1, 0.15) is 6.04 Å². The minimum Gasteiger partial charge on any atom is -0.480 e. The van der Waals surface area contributed by atoms with Crippen molar-refractivity contribution < 1.29 is 14.6 Å². The molecule has 138 valence electrons. The Morgan fingerprint density at radius 2 is 1.81 bits per heavy atom. The van der Waals surface area contributed by atoms with Crippen LogP contribution in [0, 0.1) is 6.92 Å². The number of nitrogens with zero attached hydrogens (tertiary/aromatic N) is 1. The Balaban J connectivity index is 1.59. The Morgan fingerprint density at radius 3 is 2.46 bits per heavy atom. The van der Waals surface area contributed by atoms with E-state index in [4.69, 9.17) is 9.84 Å². The molecule has 4 heteroatoms. The Labute approximate surface area is 155 Å². The summed E-state index contributed by atoms with van der Waals surface area (Å²) in [6.07, 6.45) is 1.95. The summed E-state index contributed by atoms with van der Waals surface area (Å²) < 4.78 is 6.17. The third kappa shape index (κ3) is 4.51. The molecule has 1 aliphatic rings. The van der Waals surface area contributed by atoms with Crippen LogP contribution in [0.1, 0.15) is 30.9 Å². The lowest BCUT2D eigenvalue weighted by Gasteiger charge is -2.34. The zero-order chi connectivity index (χ0) is 18.5. The van der Waals surface area contributed by atoms with Crippen LogP contribution in [0.3, 0.4) is 0 Å². The lowest BCUT2D eigenvalue weighted by atomic mass is 9.99. The Kier molecular flexibility index (Phi) is 6.07. The van der Waals surface area contributed by atoms with Crippen LogP contribution in [-0.4, -0.2) is 41.2 Å². The predicted molar refractivity (Wildman–Crippen MR) is 103 cm³/mol. The number of aryl methyl sites for hydroxylation is 1. The van der Waals surface area contributed by atoms with Crippen LogP contribution in [0.2, 0.25) is 0 Å². The summed E-state index contributed by atoms with van der Waals surface area (Å²) in [5.41, 5.74) is 4.87. The van der Waals surface area contributed by atoms with Gasteiger partial charge in [0.05, 0.1) is 12.7 Å². The van der Waals surface area contributed by atoms with Crippen molar-refractivity contribution in [3.8, 4) is 11.1 Å². The van der Waals surface area contributed by atoms with Gasteiger partial charge in [0, 0.05) is 13.1 Å². The average molecular weight is 353 g/mol. The smallest absolute Gasteiger partial charge is 0.320 e. The van der Waals surface area contributed by atoms with E-state index in [1.54, 1.807) is 6.92 Å². The van der Waals surface area contributed by atoms with Crippen molar-refractivity contribution in [1.29, 1.82) is 0 Å². The average Bonchev–Trinajstić information content (AvgIpc) is 2.67. The number of carbonyl (C=O) groups is 1. The first kappa shape index (κ1) is 18.6. The number of carboxylic acids is 1. The van der Waals surface area contributed by atoms with Gasteiger partial charge in [0.25, 0.3) is 0 Å². The molecule has 1 atom stereocenters. The van der Waals surface area contributed by atoms with Crippen LogP contribution in [0.15, 0.2) is 48.5 Å². The minimum atomic E-state index is -0.753. The molecule has 1 heterocycles. The highest BCUT2D eigenvalue weighted by Gasteiger charge is 2.26. The SMILES string of the molecule is Cc1ccc(-c2ccccc2COC2CCN(C(C)C(=O)O)CC2)cc1. The first-order valence-corrected chi connectivity index (χ1v) is 9.28. The highest BCUT2D eigenvalue weighted by atomic mass is 16.5. The van der Waals surface area contributed by atoms with Gasteiger partial charge in [-0.3, -0.25) is 9.69 Å². The van der Waals surface area contributed by atoms with Gasteiger partial charge in [0.2, 0.25) is 0 Å². The number of aliphatic carboxylic acids is 1. The first-order valence-electron chi connectivity index (χ1n) is 9.28. The zero-order valence-electron chi connectivity index (χ0n) is 15.5. The van der Waals surface area contributed by atoms with Gasteiger partial charge in [-0.1, -0.05) is 54.1 Å². The highest BCUT2D eigenvalue weighted by Crippen LogP contribution is 2.26. The number of ether oxygens (including phenoxy) is 1. The van der Waals surface area contributed by atoms with E-state index in [0.717, 1.165) is 25.9 Å². The molecule has 4 nitrogen and oxygen atoms in total. The van der Waals surface area contributed by atoms with Gasteiger partial charge in [0.15, 0.2) is 0 Å². The Hall–Kier alpha value is -2.17. The van der Waals surface area contributed by atoms with Gasteiger partial charge in [-0.15, -0.1) is 0 Å². The molecule has 0 aliphatic carbocycles. The summed E-state index contributed by atoms with van der Waals surface area (Å²) in [6, 6.07) is 16.5. The standard InChI is InChI=1S/C22H27NO3/c1-16-7-9-18(10-8-16)21-6-4-3-5-19(21)15-26-20-11-13-23(14-12-20)17(2)22(24)25/h3-10,17,20H,11-15H2,1-2H3,(H,24,25). The molecule has 0 aromatic heterocycles. The van der Waals surface area contributed by atoms with Gasteiger partial charge >= 0.3 is 5.97 Å². The summed E-state index contributed by atoms with van der Waals surface area (Å²) >= 11 is 0. The van der Waals surface area contributed by atoms with E-state index >= 15 is 0 Å². The van der Waals surface area contributed by atoms with Crippen molar-refractivity contribution in [3.05, 3.63) is 59.7 Å². The van der Waals surface area contributed by atoms with Crippen LogP contribution in [0.5, 0.6) is 0 Å². The number of hydrogen-bond acceptors (Lipinski definition) is 3. The number of carboxylic acid groups (broad SMARTS) is 1. The molecule has 26 heavy (non-hydrogen) atoms. The predicted octanol–water partition coefficient (Wildman–Crippen LogP) is 4.12. The van der Waals surface area contributed by atoms with Crippen molar-refractivity contribution in [3.63, 3.8) is 0 Å². The van der Waals surface area contributed by atoms with Crippen molar-refractivity contribution in [2.24, 2.45) is 0 Å². The molecule has 0 spiro atoms. The van der Waals surface area contributed by atoms with Crippen LogP contribution in [-0.2, 0) is 16.1 Å². The molecule has 3 rings (SSSR count). The Morgan fingerprint density at radius 1 is 1.15 bits per heavy atom. The van der Waals surface area contributed by atoms with E-state index in [-0.39, 0.29) is 6.10 Å². The number of hydrogen-bond donors (Lipinski definition) is 1. The van der Waals surface area contributed by atoms with E-state index in [9.17, 15) is 4.79 Å². The second kappa shape index (κ2) is 8.47. The van der Waals surface area contributed by atoms with E-state index in [0.29, 0.717) is 6.61 Å². The molecular formula is C22H27NO3. The van der Waals surface area contributed by atoms with Crippen LogP contribution in [0.25, 0.3) is 11.1 Å². The molecule has 1 saturated heterocycles. The molecule has 2 aromatic carbocycles. The van der Waals surface area contributed by atoms with E-state index in [1.807, 2.05) is 11.0 Å². The van der Waals surface area contributed by atoms with Crippen molar-refractivity contribution in [2.45, 2.75) is 45.4 Å². The minimum absolute atomic E-state index is 0.193. The summed E-state index contributed by atoms with van der Waals surface area (Å²) in [5, 5.41) is 9.14. The van der Waals surface area contributed by atoms with Crippen LogP contribution in [0.4, 0.5) is 0 Å². The van der Waals surface area contributed by atoms with Crippen molar-refractivity contribution in [1.82, 2.24) is 4.90 Å². The van der Waals surface area contributed by atoms with Crippen LogP contribution < -0.4 is 0 Å². The molecule has 1 fully saturated rings. The van der Waals surface area contributed by atoms with Gasteiger partial charge in [-0.2, -0.15) is 0 Å². The summed E-state index contributed by atoms with van der Waals surface area (Å²) in [5.74, 6) is -0.753. The van der Waals surface area contributed by atoms with E-state index < -0.39 is 12.0 Å². The molecule has 0 bridgehead atoms. The van der Waals surface area contributed by atoms with E-state index in [1.165, 1.54) is 22.3 Å². The topological polar surface area (TPSA) is 49.8 Å². The molecule has 2 aromatic rings. The number of piperidine rings is 1. The molecule has 1 unspecified atom stereocenters. The molecule has 0 amide bonds. The maximum Gasteiger partial charge on any atom is 0.320 e. The second-order valence-corrected chi connectivity index (χ2v) is 7.08. The third-order valence-corrected chi connectivity index (χ3v) is 5.24. The molecular weight excluding hydrogens is 326 g/mol. The highest BCUT2D eigenvalue weighted by molar-refractivity contribution is 5.72. The maximum absolute atomic E-state index is 11.1. The Bertz CT molecular complexity index is 733. The lowest BCUT2D eigenvalue weighted by Crippen LogP contribution is -2.45. The first-order chi connectivity index (χ1) is 12.5. The largest absolute Gasteiger partial charge is 0.480 e. The van der Waals surface area contributed by atoms with Crippen LogP contribution >= 0.6 is 0 Å². The van der Waals surface area contributed by atoms with Crippen molar-refractivity contribution in [2.75, 3.05) is 13.1 Å². The fraction of sp³-hybridized carbons (Fsp3) is 0.409. The normalized spacial score (nSPS) is 17.2. The molecule has 0 saturated carbocycles. The fourth-order valence-electron chi connectivity index (χ4n) is 3.45. The van der Waals surface area contributed by atoms with Crippen molar-refractivity contribution >= 4 is 5.97 Å². The number of rotatable bonds is 6. The lowest BCUT2D eigenvalue weighted by molar-refractivity contribution is -0.143. The van der Waals surface area contributed by atoms with Gasteiger partial charge in [-0.25, -0.2) is 0 Å². The molecule has 0 radical (unpaired) electrons. The van der Waals surface area contributed by atoms with Gasteiger partial charge in [-0.05, 0) is 43.4 Å². The third-order valence-electron chi connectivity index (χ3n) is 5.24. The van der Waals surface area contributed by atoms with Gasteiger partial charge < -0.3 is 9.84 Å².